The predicted octanol–water partition coefficient (Wildman–Crippen LogP) is 4.71. The molecule has 0 saturated heterocycles. The van der Waals surface area contributed by atoms with E-state index in [2.05, 4.69) is 22.3 Å². The molecule has 0 bridgehead atoms. The molecule has 35 heavy (non-hydrogen) atoms. The molecule has 0 fully saturated rings. The van der Waals surface area contributed by atoms with Crippen molar-refractivity contribution in [3.8, 4) is 17.5 Å². The van der Waals surface area contributed by atoms with E-state index in [0.29, 0.717) is 22.3 Å². The second kappa shape index (κ2) is 9.51. The van der Waals surface area contributed by atoms with E-state index in [4.69, 9.17) is 4.74 Å². The first kappa shape index (κ1) is 23.8. The van der Waals surface area contributed by atoms with Crippen LogP contribution in [0.1, 0.15) is 50.6 Å². The third kappa shape index (κ3) is 5.44. The van der Waals surface area contributed by atoms with Crippen molar-refractivity contribution in [1.29, 1.82) is 0 Å². The maximum absolute atomic E-state index is 13.9. The molecule has 0 saturated carbocycles. The summed E-state index contributed by atoms with van der Waals surface area (Å²) in [4.78, 5) is 26.4. The Balaban J connectivity index is 1.87. The van der Waals surface area contributed by atoms with Gasteiger partial charge in [0.15, 0.2) is 0 Å². The van der Waals surface area contributed by atoms with Crippen molar-refractivity contribution in [2.75, 3.05) is 0 Å². The Morgan fingerprint density at radius 2 is 1.83 bits per heavy atom. The first-order valence-electron chi connectivity index (χ1n) is 11.4. The van der Waals surface area contributed by atoms with Gasteiger partial charge in [0.05, 0.1) is 23.2 Å². The van der Waals surface area contributed by atoms with Crippen molar-refractivity contribution in [3.05, 3.63) is 94.2 Å². The molecule has 7 nitrogen and oxygen atoms in total. The highest BCUT2D eigenvalue weighted by molar-refractivity contribution is 5.88. The fraction of sp³-hybridized carbons (Fsp3) is 0.250. The third-order valence-electron chi connectivity index (χ3n) is 5.31. The molecule has 1 N–H and O–H groups in total. The number of amides is 1. The largest absolute Gasteiger partial charge is 0.444 e. The molecule has 0 radical (unpaired) electrons. The van der Waals surface area contributed by atoms with Crippen LogP contribution in [-0.2, 0) is 11.8 Å². The van der Waals surface area contributed by atoms with Crippen LogP contribution in [0.4, 0.5) is 4.79 Å². The quantitative estimate of drug-likeness (QED) is 0.442. The lowest BCUT2D eigenvalue weighted by atomic mass is 10.0. The van der Waals surface area contributed by atoms with Gasteiger partial charge in [0.25, 0.3) is 5.56 Å². The Morgan fingerprint density at radius 1 is 1.09 bits per heavy atom. The van der Waals surface area contributed by atoms with Crippen LogP contribution in [0.15, 0.2) is 71.8 Å². The van der Waals surface area contributed by atoms with Crippen LogP contribution in [0.3, 0.4) is 0 Å². The van der Waals surface area contributed by atoms with Gasteiger partial charge in [-0.1, -0.05) is 42.2 Å². The van der Waals surface area contributed by atoms with E-state index in [9.17, 15) is 9.59 Å². The number of aromatic nitrogens is 3. The second-order valence-electron chi connectivity index (χ2n) is 9.34. The van der Waals surface area contributed by atoms with Crippen molar-refractivity contribution in [2.45, 2.75) is 39.3 Å². The Labute approximate surface area is 204 Å². The SMILES string of the molecule is C[C@H](NC(=O)OC(C)(C)C)c1cc2cccc(C#Cc3cnn(C)c3)c2c(=O)n1-c1ccccc1. The Morgan fingerprint density at radius 3 is 2.49 bits per heavy atom. The Kier molecular flexibility index (Phi) is 6.48. The molecule has 4 rings (SSSR count). The molecule has 2 aromatic heterocycles. The summed E-state index contributed by atoms with van der Waals surface area (Å²) in [7, 11) is 1.83. The highest BCUT2D eigenvalue weighted by Gasteiger charge is 2.22. The van der Waals surface area contributed by atoms with Gasteiger partial charge in [0.1, 0.15) is 5.60 Å². The van der Waals surface area contributed by atoms with Gasteiger partial charge in [-0.05, 0) is 57.3 Å². The molecule has 0 aliphatic carbocycles. The zero-order valence-corrected chi connectivity index (χ0v) is 20.5. The minimum Gasteiger partial charge on any atom is -0.444 e. The minimum atomic E-state index is -0.631. The fourth-order valence-electron chi connectivity index (χ4n) is 3.83. The smallest absolute Gasteiger partial charge is 0.408 e. The molecule has 0 aliphatic rings. The van der Waals surface area contributed by atoms with Crippen LogP contribution in [0.5, 0.6) is 0 Å². The zero-order valence-electron chi connectivity index (χ0n) is 20.5. The first-order valence-corrected chi connectivity index (χ1v) is 11.4. The number of para-hydroxylation sites is 1. The number of aryl methyl sites for hydroxylation is 1. The molecule has 178 valence electrons. The van der Waals surface area contributed by atoms with Crippen molar-refractivity contribution >= 4 is 16.9 Å². The molecular weight excluding hydrogens is 440 g/mol. The minimum absolute atomic E-state index is 0.211. The van der Waals surface area contributed by atoms with Crippen LogP contribution >= 0.6 is 0 Å². The molecular formula is C28H28N4O3. The van der Waals surface area contributed by atoms with E-state index in [1.54, 1.807) is 36.2 Å². The fourth-order valence-corrected chi connectivity index (χ4v) is 3.83. The standard InChI is InChI=1S/C28H28N4O3/c1-19(30-27(34)35-28(2,3)4)24-16-22-11-9-10-21(15-14-20-17-29-31(5)18-20)25(22)26(33)32(24)23-12-7-6-8-13-23/h6-13,16-19H,1-5H3,(H,30,34)/t19-/m0/s1. The van der Waals surface area contributed by atoms with Crippen LogP contribution < -0.4 is 10.9 Å². The summed E-state index contributed by atoms with van der Waals surface area (Å²) in [6, 6.07) is 16.4. The summed E-state index contributed by atoms with van der Waals surface area (Å²) in [6.07, 6.45) is 2.96. The monoisotopic (exact) mass is 468 g/mol. The predicted molar refractivity (Wildman–Crippen MR) is 137 cm³/mol. The number of carbonyl (C=O) groups excluding carboxylic acids is 1. The van der Waals surface area contributed by atoms with Gasteiger partial charge >= 0.3 is 6.09 Å². The number of carbonyl (C=O) groups is 1. The van der Waals surface area contributed by atoms with Crippen molar-refractivity contribution in [2.24, 2.45) is 7.05 Å². The molecule has 1 atom stereocenters. The summed E-state index contributed by atoms with van der Waals surface area (Å²) in [5.74, 6) is 6.23. The maximum atomic E-state index is 13.9. The second-order valence-corrected chi connectivity index (χ2v) is 9.34. The van der Waals surface area contributed by atoms with Crippen LogP contribution in [0.2, 0.25) is 0 Å². The number of fused-ring (bicyclic) bond motifs is 1. The number of alkyl carbamates (subject to hydrolysis) is 1. The van der Waals surface area contributed by atoms with E-state index in [-0.39, 0.29) is 5.56 Å². The number of pyridine rings is 1. The number of nitrogens with one attached hydrogen (secondary N) is 1. The van der Waals surface area contributed by atoms with Gasteiger partial charge in [0, 0.05) is 30.2 Å². The van der Waals surface area contributed by atoms with E-state index >= 15 is 0 Å². The maximum Gasteiger partial charge on any atom is 0.408 e. The molecule has 2 aromatic carbocycles. The average Bonchev–Trinajstić information content (AvgIpc) is 3.21. The van der Waals surface area contributed by atoms with Gasteiger partial charge in [0.2, 0.25) is 0 Å². The van der Waals surface area contributed by atoms with Crippen molar-refractivity contribution in [1.82, 2.24) is 19.7 Å². The summed E-state index contributed by atoms with van der Waals surface area (Å²) < 4.78 is 8.73. The molecule has 4 aromatic rings. The topological polar surface area (TPSA) is 78.2 Å². The number of hydrogen-bond donors (Lipinski definition) is 1. The van der Waals surface area contributed by atoms with Crippen molar-refractivity contribution < 1.29 is 9.53 Å². The summed E-state index contributed by atoms with van der Waals surface area (Å²) in [5.41, 5.74) is 1.88. The lowest BCUT2D eigenvalue weighted by Crippen LogP contribution is -2.36. The lowest BCUT2D eigenvalue weighted by molar-refractivity contribution is 0.0506. The van der Waals surface area contributed by atoms with Gasteiger partial charge in [-0.2, -0.15) is 5.10 Å². The van der Waals surface area contributed by atoms with Gasteiger partial charge in [-0.3, -0.25) is 14.0 Å². The summed E-state index contributed by atoms with van der Waals surface area (Å²) >= 11 is 0. The molecule has 0 aliphatic heterocycles. The van der Waals surface area contributed by atoms with Crippen molar-refractivity contribution in [3.63, 3.8) is 0 Å². The lowest BCUT2D eigenvalue weighted by Gasteiger charge is -2.24. The van der Waals surface area contributed by atoms with E-state index in [1.165, 1.54) is 0 Å². The van der Waals surface area contributed by atoms with E-state index < -0.39 is 17.7 Å². The van der Waals surface area contributed by atoms with Crippen LogP contribution in [0.25, 0.3) is 16.5 Å². The molecule has 2 heterocycles. The number of nitrogens with zero attached hydrogens (tertiary/aromatic N) is 3. The van der Waals surface area contributed by atoms with Gasteiger partial charge < -0.3 is 10.1 Å². The number of hydrogen-bond acceptors (Lipinski definition) is 4. The van der Waals surface area contributed by atoms with Crippen LogP contribution in [0, 0.1) is 11.8 Å². The zero-order chi connectivity index (χ0) is 25.2. The number of ether oxygens (including phenoxy) is 1. The molecule has 0 spiro atoms. The molecule has 7 heteroatoms. The molecule has 0 unspecified atom stereocenters. The summed E-state index contributed by atoms with van der Waals surface area (Å²) in [5, 5.41) is 8.26. The molecule has 1 amide bonds. The highest BCUT2D eigenvalue weighted by atomic mass is 16.6. The normalized spacial score (nSPS) is 12.0. The number of rotatable bonds is 3. The average molecular weight is 469 g/mol. The van der Waals surface area contributed by atoms with Crippen LogP contribution in [-0.4, -0.2) is 26.0 Å². The van der Waals surface area contributed by atoms with E-state index in [1.807, 2.05) is 74.8 Å². The van der Waals surface area contributed by atoms with Gasteiger partial charge in [-0.15, -0.1) is 0 Å². The Hall–Kier alpha value is -4.31. The van der Waals surface area contributed by atoms with Gasteiger partial charge in [-0.25, -0.2) is 4.79 Å². The third-order valence-corrected chi connectivity index (χ3v) is 5.31. The number of benzene rings is 2. The first-order chi connectivity index (χ1) is 16.6. The highest BCUT2D eigenvalue weighted by Crippen LogP contribution is 2.23. The van der Waals surface area contributed by atoms with E-state index in [0.717, 1.165) is 10.9 Å². The Bertz CT molecular complexity index is 1500. The summed E-state index contributed by atoms with van der Waals surface area (Å²) in [6.45, 7) is 7.25.